The fourth-order valence-corrected chi connectivity index (χ4v) is 4.12. The van der Waals surface area contributed by atoms with Gasteiger partial charge in [0.25, 0.3) is 5.91 Å². The molecule has 2 heterocycles. The normalized spacial score (nSPS) is 19.1. The molecule has 1 fully saturated rings. The van der Waals surface area contributed by atoms with Crippen LogP contribution in [-0.4, -0.2) is 62.3 Å². The molecule has 1 amide bonds. The number of likely N-dealkylation sites (N-methyl/N-ethyl adjacent to an activating group) is 1. The minimum absolute atomic E-state index is 0.115. The number of nitrogens with zero attached hydrogens (tertiary/aromatic N) is 2. The molecular weight excluding hydrogens is 428 g/mol. The lowest BCUT2D eigenvalue weighted by atomic mass is 10.0. The van der Waals surface area contributed by atoms with Crippen molar-refractivity contribution in [2.45, 2.75) is 19.7 Å². The summed E-state index contributed by atoms with van der Waals surface area (Å²) >= 11 is 6.38. The molecule has 4 rings (SSSR count). The summed E-state index contributed by atoms with van der Waals surface area (Å²) in [5, 5.41) is 6.82. The van der Waals surface area contributed by atoms with Crippen molar-refractivity contribution in [3.05, 3.63) is 64.4 Å². The van der Waals surface area contributed by atoms with E-state index in [-0.39, 0.29) is 12.1 Å². The second kappa shape index (κ2) is 9.81. The van der Waals surface area contributed by atoms with Gasteiger partial charge in [-0.3, -0.25) is 9.69 Å². The molecule has 0 spiro atoms. The van der Waals surface area contributed by atoms with E-state index >= 15 is 0 Å². The number of benzene rings is 2. The smallest absolute Gasteiger partial charge is 0.255 e. The summed E-state index contributed by atoms with van der Waals surface area (Å²) < 4.78 is 10.9. The zero-order valence-electron chi connectivity index (χ0n) is 18.7. The topological polar surface area (TPSA) is 66.1 Å². The first-order valence-corrected chi connectivity index (χ1v) is 11.1. The van der Waals surface area contributed by atoms with Crippen LogP contribution >= 0.6 is 11.6 Å². The van der Waals surface area contributed by atoms with E-state index in [9.17, 15) is 4.79 Å². The third-order valence-electron chi connectivity index (χ3n) is 5.81. The number of methoxy groups -OCH3 is 1. The number of hydrogen-bond acceptors (Lipinski definition) is 6. The van der Waals surface area contributed by atoms with Crippen LogP contribution in [0.2, 0.25) is 5.02 Å². The SMILES string of the molecule is COc1ccc(C(=O)Nc2ccc(Cl)c(C3=COC(C)N3)c2)c(CN2CCN(C)CC2)c1. The van der Waals surface area contributed by atoms with Crippen LogP contribution in [0.25, 0.3) is 5.70 Å². The van der Waals surface area contributed by atoms with E-state index in [1.807, 2.05) is 31.2 Å². The standard InChI is InChI=1S/C24H29ClN4O3/c1-16-26-23(15-32-16)21-13-18(4-7-22(21)25)27-24(30)20-6-5-19(31-3)12-17(20)14-29-10-8-28(2)9-11-29/h4-7,12-13,15-16,26H,8-11,14H2,1-3H3,(H,27,30). The third-order valence-corrected chi connectivity index (χ3v) is 6.14. The summed E-state index contributed by atoms with van der Waals surface area (Å²) in [5.41, 5.74) is 3.82. The van der Waals surface area contributed by atoms with E-state index in [0.29, 0.717) is 22.8 Å². The molecule has 2 aliphatic rings. The van der Waals surface area contributed by atoms with Crippen LogP contribution in [0.4, 0.5) is 5.69 Å². The first-order chi connectivity index (χ1) is 15.4. The molecule has 0 bridgehead atoms. The van der Waals surface area contributed by atoms with Crippen molar-refractivity contribution >= 4 is 28.9 Å². The van der Waals surface area contributed by atoms with Gasteiger partial charge in [0.15, 0.2) is 6.23 Å². The fourth-order valence-electron chi connectivity index (χ4n) is 3.90. The van der Waals surface area contributed by atoms with E-state index in [0.717, 1.165) is 48.8 Å². The highest BCUT2D eigenvalue weighted by molar-refractivity contribution is 6.32. The molecule has 8 heteroatoms. The Morgan fingerprint density at radius 1 is 1.22 bits per heavy atom. The number of ether oxygens (including phenoxy) is 2. The lowest BCUT2D eigenvalue weighted by Gasteiger charge is -2.32. The highest BCUT2D eigenvalue weighted by atomic mass is 35.5. The summed E-state index contributed by atoms with van der Waals surface area (Å²) in [6, 6.07) is 11.0. The van der Waals surface area contributed by atoms with Crippen LogP contribution in [0.15, 0.2) is 42.7 Å². The van der Waals surface area contributed by atoms with Crippen LogP contribution in [-0.2, 0) is 11.3 Å². The monoisotopic (exact) mass is 456 g/mol. The van der Waals surface area contributed by atoms with E-state index in [2.05, 4.69) is 27.5 Å². The molecule has 0 saturated carbocycles. The average Bonchev–Trinajstić information content (AvgIpc) is 3.22. The number of rotatable bonds is 6. The fraction of sp³-hybridized carbons (Fsp3) is 0.375. The van der Waals surface area contributed by atoms with Gasteiger partial charge < -0.3 is 25.0 Å². The largest absolute Gasteiger partial charge is 0.497 e. The van der Waals surface area contributed by atoms with Gasteiger partial charge in [0, 0.05) is 49.5 Å². The van der Waals surface area contributed by atoms with E-state index < -0.39 is 0 Å². The number of anilines is 1. The minimum atomic E-state index is -0.164. The number of amides is 1. The molecule has 1 unspecified atom stereocenters. The maximum absolute atomic E-state index is 13.2. The summed E-state index contributed by atoms with van der Waals surface area (Å²) in [6.07, 6.45) is 1.53. The Bertz CT molecular complexity index is 1020. The number of carbonyl (C=O) groups excluding carboxylic acids is 1. The number of carbonyl (C=O) groups is 1. The number of piperazine rings is 1. The Hall–Kier alpha value is -2.74. The minimum Gasteiger partial charge on any atom is -0.497 e. The van der Waals surface area contributed by atoms with Gasteiger partial charge in [0.2, 0.25) is 0 Å². The van der Waals surface area contributed by atoms with Gasteiger partial charge in [-0.25, -0.2) is 0 Å². The van der Waals surface area contributed by atoms with Gasteiger partial charge in [-0.2, -0.15) is 0 Å². The van der Waals surface area contributed by atoms with E-state index in [1.54, 1.807) is 25.5 Å². The van der Waals surface area contributed by atoms with Crippen LogP contribution in [0.3, 0.4) is 0 Å². The average molecular weight is 457 g/mol. The van der Waals surface area contributed by atoms with Crippen LogP contribution < -0.4 is 15.4 Å². The van der Waals surface area contributed by atoms with E-state index in [4.69, 9.17) is 21.1 Å². The van der Waals surface area contributed by atoms with Gasteiger partial charge in [0.1, 0.15) is 12.0 Å². The second-order valence-corrected chi connectivity index (χ2v) is 8.61. The Balaban J connectivity index is 1.54. The van der Waals surface area contributed by atoms with Gasteiger partial charge in [-0.1, -0.05) is 11.6 Å². The molecule has 2 aliphatic heterocycles. The van der Waals surface area contributed by atoms with E-state index in [1.165, 1.54) is 0 Å². The van der Waals surface area contributed by atoms with Gasteiger partial charge in [-0.05, 0) is 55.9 Å². The molecule has 7 nitrogen and oxygen atoms in total. The Morgan fingerprint density at radius 3 is 2.69 bits per heavy atom. The molecule has 2 N–H and O–H groups in total. The van der Waals surface area contributed by atoms with Crippen molar-refractivity contribution in [3.8, 4) is 5.75 Å². The predicted molar refractivity (Wildman–Crippen MR) is 127 cm³/mol. The van der Waals surface area contributed by atoms with Crippen molar-refractivity contribution in [2.24, 2.45) is 0 Å². The van der Waals surface area contributed by atoms with Gasteiger partial charge >= 0.3 is 0 Å². The predicted octanol–water partition coefficient (Wildman–Crippen LogP) is 3.61. The van der Waals surface area contributed by atoms with Gasteiger partial charge in [-0.15, -0.1) is 0 Å². The van der Waals surface area contributed by atoms with Crippen LogP contribution in [0.1, 0.15) is 28.4 Å². The van der Waals surface area contributed by atoms with Crippen LogP contribution in [0, 0.1) is 0 Å². The quantitative estimate of drug-likeness (QED) is 0.692. The molecule has 0 aliphatic carbocycles. The van der Waals surface area contributed by atoms with Crippen LogP contribution in [0.5, 0.6) is 5.75 Å². The Morgan fingerprint density at radius 2 is 2.00 bits per heavy atom. The second-order valence-electron chi connectivity index (χ2n) is 8.21. The highest BCUT2D eigenvalue weighted by Crippen LogP contribution is 2.29. The summed E-state index contributed by atoms with van der Waals surface area (Å²) in [5.74, 6) is 0.579. The molecule has 1 saturated heterocycles. The first-order valence-electron chi connectivity index (χ1n) is 10.7. The molecule has 170 valence electrons. The van der Waals surface area contributed by atoms with Crippen molar-refractivity contribution in [2.75, 3.05) is 45.7 Å². The van der Waals surface area contributed by atoms with Crippen molar-refractivity contribution in [3.63, 3.8) is 0 Å². The lowest BCUT2D eigenvalue weighted by Crippen LogP contribution is -2.44. The highest BCUT2D eigenvalue weighted by Gasteiger charge is 2.20. The Kier molecular flexibility index (Phi) is 6.89. The van der Waals surface area contributed by atoms with Crippen molar-refractivity contribution < 1.29 is 14.3 Å². The number of hydrogen-bond donors (Lipinski definition) is 2. The Labute approximate surface area is 193 Å². The number of halogens is 1. The summed E-state index contributed by atoms with van der Waals surface area (Å²) in [4.78, 5) is 17.9. The van der Waals surface area contributed by atoms with Crippen molar-refractivity contribution in [1.29, 1.82) is 0 Å². The molecule has 2 aromatic rings. The van der Waals surface area contributed by atoms with Gasteiger partial charge in [0.05, 0.1) is 17.8 Å². The maximum Gasteiger partial charge on any atom is 0.255 e. The maximum atomic E-state index is 13.2. The van der Waals surface area contributed by atoms with Crippen molar-refractivity contribution in [1.82, 2.24) is 15.1 Å². The first kappa shape index (κ1) is 22.5. The zero-order valence-corrected chi connectivity index (χ0v) is 19.4. The summed E-state index contributed by atoms with van der Waals surface area (Å²) in [7, 11) is 3.77. The molecule has 32 heavy (non-hydrogen) atoms. The zero-order chi connectivity index (χ0) is 22.7. The molecule has 0 aromatic heterocycles. The molecule has 1 atom stereocenters. The molecule has 2 aromatic carbocycles. The molecular formula is C24H29ClN4O3. The third kappa shape index (κ3) is 5.18. The number of nitrogens with one attached hydrogen (secondary N) is 2. The summed E-state index contributed by atoms with van der Waals surface area (Å²) in [6.45, 7) is 6.59. The molecule has 0 radical (unpaired) electrons. The lowest BCUT2D eigenvalue weighted by molar-refractivity contribution is 0.102.